The summed E-state index contributed by atoms with van der Waals surface area (Å²) in [5, 5.41) is 10.6. The Bertz CT molecular complexity index is 1790. The van der Waals surface area contributed by atoms with Crippen molar-refractivity contribution in [2.75, 3.05) is 39.6 Å². The van der Waals surface area contributed by atoms with Gasteiger partial charge in [-0.2, -0.15) is 0 Å². The van der Waals surface area contributed by atoms with Crippen molar-refractivity contribution in [2.24, 2.45) is 23.7 Å². The van der Waals surface area contributed by atoms with Gasteiger partial charge in [-0.05, 0) is 49.4 Å². The molecule has 3 N–H and O–H groups in total. The Hall–Kier alpha value is -1.94. The van der Waals surface area contributed by atoms with Gasteiger partial charge in [0.05, 0.1) is 26.4 Å². The summed E-state index contributed by atoms with van der Waals surface area (Å²) >= 11 is 0. The number of carbonyl (C=O) groups is 4. The van der Waals surface area contributed by atoms with Gasteiger partial charge in [-0.3, -0.25) is 37.3 Å². The van der Waals surface area contributed by atoms with Crippen molar-refractivity contribution in [1.29, 1.82) is 0 Å². The zero-order valence-electron chi connectivity index (χ0n) is 58.8. The van der Waals surface area contributed by atoms with Gasteiger partial charge in [0.15, 0.2) is 12.2 Å². The number of aliphatic hydroxyl groups excluding tert-OH is 1. The average molecular weight is 1330 g/mol. The maximum absolute atomic E-state index is 13.0. The summed E-state index contributed by atoms with van der Waals surface area (Å²) in [6.45, 7) is 14.1. The van der Waals surface area contributed by atoms with Gasteiger partial charge in [0.25, 0.3) is 0 Å². The highest BCUT2D eigenvalue weighted by molar-refractivity contribution is 7.47. The average Bonchev–Trinajstić information content (AvgIpc) is 2.96. The second-order valence-electron chi connectivity index (χ2n) is 27.1. The van der Waals surface area contributed by atoms with Crippen molar-refractivity contribution in [1.82, 2.24) is 0 Å². The normalized spacial score (nSPS) is 14.9. The smallest absolute Gasteiger partial charge is 0.462 e. The number of hydrogen-bond acceptors (Lipinski definition) is 15. The number of rotatable bonds is 68. The first kappa shape index (κ1) is 88.1. The standard InChI is InChI=1S/C71H138O17P2/c1-9-63(7)49-41-33-25-19-16-17-20-26-35-43-51-68(73)81-57-66(87-70(75)53-45-37-27-21-15-13-11-12-14-18-23-31-39-47-61(3)4)59-85-89(77,78)83-55-65(72)56-84-90(79,80)86-60-67(88-71(76)54-46-38-30-29-34-42-50-64(8)10-2)58-82-69(74)52-44-36-28-22-24-32-40-48-62(5)6/h61-67,72H,9-60H2,1-8H3,(H,77,78)(H,79,80)/t63?,64?,65?,66-,67-/m1/s1. The highest BCUT2D eigenvalue weighted by Gasteiger charge is 2.30. The van der Waals surface area contributed by atoms with Gasteiger partial charge in [0.1, 0.15) is 19.3 Å². The third-order valence-corrected chi connectivity index (χ3v) is 18.9. The Morgan fingerprint density at radius 1 is 0.311 bits per heavy atom. The van der Waals surface area contributed by atoms with E-state index in [4.69, 9.17) is 37.0 Å². The molecule has 0 amide bonds. The van der Waals surface area contributed by atoms with E-state index >= 15 is 0 Å². The van der Waals surface area contributed by atoms with E-state index in [1.54, 1.807) is 0 Å². The predicted octanol–water partition coefficient (Wildman–Crippen LogP) is 20.1. The first-order valence-corrected chi connectivity index (χ1v) is 39.8. The molecule has 0 rings (SSSR count). The molecule has 0 radical (unpaired) electrons. The number of phosphoric ester groups is 2. The van der Waals surface area contributed by atoms with Crippen LogP contribution < -0.4 is 0 Å². The lowest BCUT2D eigenvalue weighted by Crippen LogP contribution is -2.30. The van der Waals surface area contributed by atoms with Gasteiger partial charge >= 0.3 is 39.5 Å². The van der Waals surface area contributed by atoms with Gasteiger partial charge in [0.2, 0.25) is 0 Å². The van der Waals surface area contributed by atoms with Crippen molar-refractivity contribution in [3.63, 3.8) is 0 Å². The molecule has 90 heavy (non-hydrogen) atoms. The molecule has 0 heterocycles. The third kappa shape index (κ3) is 62.2. The van der Waals surface area contributed by atoms with Crippen LogP contribution in [0.3, 0.4) is 0 Å². The fourth-order valence-electron chi connectivity index (χ4n) is 10.6. The lowest BCUT2D eigenvalue weighted by atomic mass is 9.99. The van der Waals surface area contributed by atoms with Crippen LogP contribution in [0, 0.1) is 23.7 Å². The molecule has 5 unspecified atom stereocenters. The van der Waals surface area contributed by atoms with Crippen molar-refractivity contribution in [3.05, 3.63) is 0 Å². The van der Waals surface area contributed by atoms with Gasteiger partial charge in [0, 0.05) is 25.7 Å². The number of hydrogen-bond donors (Lipinski definition) is 3. The van der Waals surface area contributed by atoms with Crippen LogP contribution in [0.2, 0.25) is 0 Å². The molecule has 0 aliphatic heterocycles. The lowest BCUT2D eigenvalue weighted by Gasteiger charge is -2.21. The minimum Gasteiger partial charge on any atom is -0.462 e. The van der Waals surface area contributed by atoms with E-state index in [-0.39, 0.29) is 25.7 Å². The minimum atomic E-state index is -4.95. The first-order valence-electron chi connectivity index (χ1n) is 36.8. The summed E-state index contributed by atoms with van der Waals surface area (Å²) in [6.07, 6.45) is 43.1. The zero-order valence-corrected chi connectivity index (χ0v) is 60.6. The molecule has 0 spiro atoms. The van der Waals surface area contributed by atoms with Crippen LogP contribution in [0.5, 0.6) is 0 Å². The molecule has 0 aromatic heterocycles. The number of unbranched alkanes of at least 4 members (excludes halogenated alkanes) is 32. The molecule has 17 nitrogen and oxygen atoms in total. The Balaban J connectivity index is 5.26. The molecule has 19 heteroatoms. The second-order valence-corrected chi connectivity index (χ2v) is 30.0. The topological polar surface area (TPSA) is 237 Å². The fourth-order valence-corrected chi connectivity index (χ4v) is 12.2. The van der Waals surface area contributed by atoms with Crippen LogP contribution in [0.1, 0.15) is 351 Å². The SMILES string of the molecule is CCC(C)CCCCCCCCCCCCC(=O)OC[C@H](COP(=O)(O)OCC(O)COP(=O)(O)OC[C@@H](COC(=O)CCCCCCCCCC(C)C)OC(=O)CCCCCCCCC(C)CC)OC(=O)CCCCCCCCCCCCCCCC(C)C. The molecule has 0 aliphatic carbocycles. The lowest BCUT2D eigenvalue weighted by molar-refractivity contribution is -0.161. The number of carbonyl (C=O) groups excluding carboxylic acids is 4. The third-order valence-electron chi connectivity index (χ3n) is 17.0. The van der Waals surface area contributed by atoms with Gasteiger partial charge < -0.3 is 33.8 Å². The summed E-state index contributed by atoms with van der Waals surface area (Å²) in [6, 6.07) is 0. The van der Waals surface area contributed by atoms with Gasteiger partial charge in [-0.25, -0.2) is 9.13 Å². The summed E-state index contributed by atoms with van der Waals surface area (Å²) in [7, 11) is -9.90. The van der Waals surface area contributed by atoms with Crippen LogP contribution in [0.4, 0.5) is 0 Å². The van der Waals surface area contributed by atoms with E-state index in [2.05, 4.69) is 55.4 Å². The highest BCUT2D eigenvalue weighted by Crippen LogP contribution is 2.45. The molecule has 0 saturated heterocycles. The molecule has 0 aromatic rings. The highest BCUT2D eigenvalue weighted by atomic mass is 31.2. The number of esters is 4. The van der Waals surface area contributed by atoms with Crippen molar-refractivity contribution in [3.8, 4) is 0 Å². The van der Waals surface area contributed by atoms with Gasteiger partial charge in [-0.1, -0.05) is 299 Å². The number of ether oxygens (including phenoxy) is 4. The number of aliphatic hydroxyl groups is 1. The molecule has 0 aliphatic rings. The Morgan fingerprint density at radius 3 is 0.789 bits per heavy atom. The molecule has 7 atom stereocenters. The number of phosphoric acid groups is 2. The molecular formula is C71H138O17P2. The predicted molar refractivity (Wildman–Crippen MR) is 363 cm³/mol. The molecule has 0 aromatic carbocycles. The van der Waals surface area contributed by atoms with Gasteiger partial charge in [-0.15, -0.1) is 0 Å². The van der Waals surface area contributed by atoms with Crippen molar-refractivity contribution < 1.29 is 80.2 Å². The van der Waals surface area contributed by atoms with Crippen molar-refractivity contribution in [2.45, 2.75) is 369 Å². The zero-order chi connectivity index (χ0) is 66.8. The second kappa shape index (κ2) is 60.7. The molecule has 0 bridgehead atoms. The van der Waals surface area contributed by atoms with Crippen LogP contribution in [-0.2, 0) is 65.4 Å². The molecule has 0 fully saturated rings. The maximum atomic E-state index is 13.0. The quantitative estimate of drug-likeness (QED) is 0.0222. The van der Waals surface area contributed by atoms with E-state index in [1.807, 2.05) is 0 Å². The Morgan fingerprint density at radius 2 is 0.533 bits per heavy atom. The maximum Gasteiger partial charge on any atom is 0.472 e. The largest absolute Gasteiger partial charge is 0.472 e. The van der Waals surface area contributed by atoms with Crippen LogP contribution >= 0.6 is 15.6 Å². The summed E-state index contributed by atoms with van der Waals surface area (Å²) in [5.74, 6) is 0.890. The van der Waals surface area contributed by atoms with Crippen LogP contribution in [0.15, 0.2) is 0 Å². The summed E-state index contributed by atoms with van der Waals surface area (Å²) < 4.78 is 68.3. The molecular weight excluding hydrogens is 1190 g/mol. The summed E-state index contributed by atoms with van der Waals surface area (Å²) in [4.78, 5) is 72.6. The monoisotopic (exact) mass is 1320 g/mol. The summed E-state index contributed by atoms with van der Waals surface area (Å²) in [5.41, 5.74) is 0. The van der Waals surface area contributed by atoms with Crippen molar-refractivity contribution >= 4 is 39.5 Å². The minimum absolute atomic E-state index is 0.102. The Labute approximate surface area is 549 Å². The van der Waals surface area contributed by atoms with E-state index in [0.717, 1.165) is 114 Å². The fraction of sp³-hybridized carbons (Fsp3) is 0.944. The van der Waals surface area contributed by atoms with E-state index < -0.39 is 97.5 Å². The molecule has 0 saturated carbocycles. The van der Waals surface area contributed by atoms with E-state index in [9.17, 15) is 43.2 Å². The van der Waals surface area contributed by atoms with Crippen LogP contribution in [-0.4, -0.2) is 96.7 Å². The Kier molecular flexibility index (Phi) is 59.4. The molecule has 534 valence electrons. The van der Waals surface area contributed by atoms with E-state index in [0.29, 0.717) is 31.6 Å². The van der Waals surface area contributed by atoms with E-state index in [1.165, 1.54) is 148 Å². The first-order chi connectivity index (χ1) is 43.2. The van der Waals surface area contributed by atoms with Crippen LogP contribution in [0.25, 0.3) is 0 Å².